The summed E-state index contributed by atoms with van der Waals surface area (Å²) in [5.74, 6) is 0. The largest absolute Gasteiger partial charge is 0.386 e. The van der Waals surface area contributed by atoms with Gasteiger partial charge in [-0.3, -0.25) is 0 Å². The summed E-state index contributed by atoms with van der Waals surface area (Å²) < 4.78 is 6.06. The van der Waals surface area contributed by atoms with Gasteiger partial charge in [0.15, 0.2) is 0 Å². The van der Waals surface area contributed by atoms with Crippen LogP contribution in [-0.2, 0) is 4.74 Å². The minimum absolute atomic E-state index is 0.207. The smallest absolute Gasteiger partial charge is 0.112 e. The second kappa shape index (κ2) is 4.85. The van der Waals surface area contributed by atoms with Gasteiger partial charge in [0.25, 0.3) is 0 Å². The number of hydrogen-bond donors (Lipinski definition) is 1. The molecule has 2 unspecified atom stereocenters. The van der Waals surface area contributed by atoms with E-state index in [1.54, 1.807) is 0 Å². The first-order valence-corrected chi connectivity index (χ1v) is 7.56. The van der Waals surface area contributed by atoms with Crippen molar-refractivity contribution in [1.29, 1.82) is 0 Å². The van der Waals surface area contributed by atoms with Gasteiger partial charge in [0.05, 0.1) is 6.61 Å². The molecular formula is C18H28O2. The van der Waals surface area contributed by atoms with Gasteiger partial charge >= 0.3 is 0 Å². The monoisotopic (exact) mass is 276 g/mol. The molecule has 0 bridgehead atoms. The Bertz CT molecular complexity index is 490. The predicted octanol–water partition coefficient (Wildman–Crippen LogP) is 4.26. The Hall–Kier alpha value is -0.860. The molecule has 1 fully saturated rings. The van der Waals surface area contributed by atoms with Crippen LogP contribution in [0.5, 0.6) is 0 Å². The van der Waals surface area contributed by atoms with E-state index in [1.807, 2.05) is 6.07 Å². The first-order valence-electron chi connectivity index (χ1n) is 7.56. The molecule has 2 rings (SSSR count). The van der Waals surface area contributed by atoms with E-state index >= 15 is 0 Å². The molecule has 2 nitrogen and oxygen atoms in total. The van der Waals surface area contributed by atoms with Crippen molar-refractivity contribution in [2.75, 3.05) is 6.61 Å². The zero-order valence-electron chi connectivity index (χ0n) is 13.7. The van der Waals surface area contributed by atoms with Crippen molar-refractivity contribution in [3.8, 4) is 0 Å². The Morgan fingerprint density at radius 2 is 2.00 bits per heavy atom. The van der Waals surface area contributed by atoms with E-state index in [0.717, 1.165) is 12.0 Å². The molecule has 0 aliphatic carbocycles. The van der Waals surface area contributed by atoms with Crippen molar-refractivity contribution in [3.05, 3.63) is 35.4 Å². The van der Waals surface area contributed by atoms with Crippen LogP contribution in [0.25, 0.3) is 0 Å². The molecule has 0 saturated carbocycles. The third-order valence-electron chi connectivity index (χ3n) is 5.28. The third kappa shape index (κ3) is 2.10. The van der Waals surface area contributed by atoms with Crippen LogP contribution < -0.4 is 0 Å². The van der Waals surface area contributed by atoms with E-state index < -0.39 is 5.60 Å². The second-order valence-electron chi connectivity index (χ2n) is 7.49. The van der Waals surface area contributed by atoms with Crippen molar-refractivity contribution >= 4 is 0 Å². The topological polar surface area (TPSA) is 29.5 Å². The van der Waals surface area contributed by atoms with Crippen LogP contribution in [0.1, 0.15) is 58.3 Å². The zero-order valence-corrected chi connectivity index (χ0v) is 13.7. The molecular weight excluding hydrogens is 248 g/mol. The first kappa shape index (κ1) is 15.5. The summed E-state index contributed by atoms with van der Waals surface area (Å²) in [6.45, 7) is 13.3. The molecule has 1 aliphatic rings. The van der Waals surface area contributed by atoms with E-state index in [4.69, 9.17) is 4.74 Å². The number of benzene rings is 1. The molecule has 0 spiro atoms. The van der Waals surface area contributed by atoms with Gasteiger partial charge < -0.3 is 9.84 Å². The summed E-state index contributed by atoms with van der Waals surface area (Å²) in [6.07, 6.45) is 0.658. The zero-order chi connectivity index (χ0) is 15.2. The lowest BCUT2D eigenvalue weighted by Crippen LogP contribution is -2.55. The molecule has 112 valence electrons. The highest BCUT2D eigenvalue weighted by Gasteiger charge is 2.62. The molecule has 0 amide bonds. The highest BCUT2D eigenvalue weighted by atomic mass is 16.5. The Labute approximate surface area is 123 Å². The van der Waals surface area contributed by atoms with Crippen LogP contribution in [0, 0.1) is 17.8 Å². The maximum absolute atomic E-state index is 11.6. The van der Waals surface area contributed by atoms with E-state index in [1.165, 1.54) is 5.56 Å². The van der Waals surface area contributed by atoms with Gasteiger partial charge in [0.2, 0.25) is 0 Å². The van der Waals surface area contributed by atoms with Gasteiger partial charge in [-0.05, 0) is 24.3 Å². The Kier molecular flexibility index (Phi) is 3.77. The highest BCUT2D eigenvalue weighted by Crippen LogP contribution is 2.58. The highest BCUT2D eigenvalue weighted by molar-refractivity contribution is 5.29. The second-order valence-corrected chi connectivity index (χ2v) is 7.49. The normalized spacial score (nSPS) is 29.6. The number of hydrogen-bond acceptors (Lipinski definition) is 2. The maximum Gasteiger partial charge on any atom is 0.112 e. The van der Waals surface area contributed by atoms with Crippen molar-refractivity contribution in [2.45, 2.75) is 59.7 Å². The van der Waals surface area contributed by atoms with Crippen LogP contribution in [0.2, 0.25) is 0 Å². The van der Waals surface area contributed by atoms with Crippen molar-refractivity contribution in [3.63, 3.8) is 0 Å². The number of aliphatic hydroxyl groups is 1. The molecule has 0 radical (unpaired) electrons. The Balaban J connectivity index is 2.53. The van der Waals surface area contributed by atoms with Crippen LogP contribution in [0.15, 0.2) is 24.3 Å². The summed E-state index contributed by atoms with van der Waals surface area (Å²) in [4.78, 5) is 0. The summed E-state index contributed by atoms with van der Waals surface area (Å²) >= 11 is 0. The van der Waals surface area contributed by atoms with E-state index in [0.29, 0.717) is 6.61 Å². The molecule has 1 aromatic rings. The average Bonchev–Trinajstić information content (AvgIpc) is 2.62. The maximum atomic E-state index is 11.6. The number of ether oxygens (including phenoxy) is 1. The summed E-state index contributed by atoms with van der Waals surface area (Å²) in [7, 11) is 0. The lowest BCUT2D eigenvalue weighted by Gasteiger charge is -2.49. The van der Waals surface area contributed by atoms with Crippen LogP contribution in [-0.4, -0.2) is 17.3 Å². The van der Waals surface area contributed by atoms with Gasteiger partial charge in [-0.2, -0.15) is 0 Å². The van der Waals surface area contributed by atoms with Crippen molar-refractivity contribution in [2.24, 2.45) is 10.8 Å². The molecule has 1 aromatic carbocycles. The van der Waals surface area contributed by atoms with Gasteiger partial charge in [0.1, 0.15) is 11.7 Å². The fraction of sp³-hybridized carbons (Fsp3) is 0.667. The molecule has 1 heterocycles. The van der Waals surface area contributed by atoms with Gasteiger partial charge in [0, 0.05) is 5.41 Å². The van der Waals surface area contributed by atoms with Crippen LogP contribution in [0.3, 0.4) is 0 Å². The Morgan fingerprint density at radius 3 is 2.55 bits per heavy atom. The summed E-state index contributed by atoms with van der Waals surface area (Å²) in [5, 5.41) is 11.6. The van der Waals surface area contributed by atoms with Gasteiger partial charge in [-0.25, -0.2) is 0 Å². The third-order valence-corrected chi connectivity index (χ3v) is 5.28. The number of aryl methyl sites for hydroxylation is 1. The van der Waals surface area contributed by atoms with Crippen LogP contribution >= 0.6 is 0 Å². The quantitative estimate of drug-likeness (QED) is 0.894. The van der Waals surface area contributed by atoms with E-state index in [-0.39, 0.29) is 16.9 Å². The van der Waals surface area contributed by atoms with Gasteiger partial charge in [-0.1, -0.05) is 64.4 Å². The fourth-order valence-corrected chi connectivity index (χ4v) is 3.59. The lowest BCUT2D eigenvalue weighted by molar-refractivity contribution is -0.157. The summed E-state index contributed by atoms with van der Waals surface area (Å²) in [5.41, 5.74) is 0.942. The number of rotatable bonds is 3. The van der Waals surface area contributed by atoms with Gasteiger partial charge in [-0.15, -0.1) is 0 Å². The first-order chi connectivity index (χ1) is 9.15. The fourth-order valence-electron chi connectivity index (χ4n) is 3.59. The predicted molar refractivity (Wildman–Crippen MR) is 82.7 cm³/mol. The van der Waals surface area contributed by atoms with Crippen LogP contribution in [0.4, 0.5) is 0 Å². The lowest BCUT2D eigenvalue weighted by atomic mass is 9.58. The minimum Gasteiger partial charge on any atom is -0.386 e. The average molecular weight is 276 g/mol. The van der Waals surface area contributed by atoms with Crippen molar-refractivity contribution < 1.29 is 9.84 Å². The Morgan fingerprint density at radius 1 is 1.35 bits per heavy atom. The minimum atomic E-state index is -0.872. The molecule has 2 atom stereocenters. The molecule has 20 heavy (non-hydrogen) atoms. The molecule has 2 heteroatoms. The van der Waals surface area contributed by atoms with E-state index in [2.05, 4.69) is 59.7 Å². The molecule has 1 saturated heterocycles. The summed E-state index contributed by atoms with van der Waals surface area (Å²) in [6, 6.07) is 8.31. The molecule has 0 aromatic heterocycles. The molecule has 1 aliphatic heterocycles. The SMILES string of the molecule is CCC(C)(C)C1(O)C(c2cccc(C)c2)OCC1(C)C. The molecule has 1 N–H and O–H groups in total. The van der Waals surface area contributed by atoms with E-state index in [9.17, 15) is 5.11 Å². The van der Waals surface area contributed by atoms with Crippen molar-refractivity contribution in [1.82, 2.24) is 0 Å². The standard InChI is InChI=1S/C18H28O2/c1-7-16(3,4)18(19)15(20-12-17(18,5)6)14-10-8-9-13(2)11-14/h8-11,15,19H,7,12H2,1-6H3.